The van der Waals surface area contributed by atoms with Gasteiger partial charge in [-0.1, -0.05) is 11.8 Å². The molecule has 1 aromatic rings. The molecule has 2 fully saturated rings. The van der Waals surface area contributed by atoms with Crippen LogP contribution in [-0.4, -0.2) is 53.2 Å². The van der Waals surface area contributed by atoms with E-state index in [1.54, 1.807) is 11.8 Å². The first-order chi connectivity index (χ1) is 11.2. The van der Waals surface area contributed by atoms with Crippen molar-refractivity contribution in [3.05, 3.63) is 11.8 Å². The fourth-order valence-corrected chi connectivity index (χ4v) is 3.96. The number of nitrogens with zero attached hydrogens (tertiary/aromatic N) is 4. The van der Waals surface area contributed by atoms with Crippen molar-refractivity contribution in [1.29, 1.82) is 0 Å². The van der Waals surface area contributed by atoms with Gasteiger partial charge in [-0.25, -0.2) is 9.97 Å². The highest BCUT2D eigenvalue weighted by atomic mass is 32.2. The van der Waals surface area contributed by atoms with Gasteiger partial charge in [-0.05, 0) is 45.3 Å². The molecule has 1 atom stereocenters. The second-order valence-corrected chi connectivity index (χ2v) is 7.30. The van der Waals surface area contributed by atoms with Crippen molar-refractivity contribution in [1.82, 2.24) is 14.9 Å². The Balaban J connectivity index is 1.70. The molecular formula is C17H26N4OS. The average Bonchev–Trinajstić information content (AvgIpc) is 2.61. The van der Waals surface area contributed by atoms with Gasteiger partial charge < -0.3 is 9.80 Å². The lowest BCUT2D eigenvalue weighted by Crippen LogP contribution is -2.46. The van der Waals surface area contributed by atoms with Gasteiger partial charge in [-0.2, -0.15) is 0 Å². The summed E-state index contributed by atoms with van der Waals surface area (Å²) in [6.45, 7) is 5.66. The predicted octanol–water partition coefficient (Wildman–Crippen LogP) is 2.74. The van der Waals surface area contributed by atoms with E-state index in [4.69, 9.17) is 0 Å². The minimum absolute atomic E-state index is 0.120. The third kappa shape index (κ3) is 3.97. The van der Waals surface area contributed by atoms with Crippen molar-refractivity contribution in [2.24, 2.45) is 5.92 Å². The number of carbonyl (C=O) groups is 1. The van der Waals surface area contributed by atoms with Gasteiger partial charge in [0.2, 0.25) is 5.91 Å². The van der Waals surface area contributed by atoms with Crippen LogP contribution < -0.4 is 4.90 Å². The maximum Gasteiger partial charge on any atom is 0.227 e. The fourth-order valence-electron chi connectivity index (χ4n) is 3.54. The van der Waals surface area contributed by atoms with E-state index in [-0.39, 0.29) is 5.92 Å². The molecule has 5 nitrogen and oxygen atoms in total. The van der Waals surface area contributed by atoms with Gasteiger partial charge in [0.1, 0.15) is 5.82 Å². The van der Waals surface area contributed by atoms with E-state index in [2.05, 4.69) is 19.8 Å². The topological polar surface area (TPSA) is 49.3 Å². The van der Waals surface area contributed by atoms with Crippen LogP contribution in [0, 0.1) is 12.8 Å². The Morgan fingerprint density at radius 3 is 2.70 bits per heavy atom. The molecule has 0 bridgehead atoms. The van der Waals surface area contributed by atoms with E-state index >= 15 is 0 Å². The van der Waals surface area contributed by atoms with Crippen LogP contribution in [0.15, 0.2) is 11.2 Å². The van der Waals surface area contributed by atoms with Gasteiger partial charge >= 0.3 is 0 Å². The number of hydrogen-bond donors (Lipinski definition) is 0. The molecule has 1 amide bonds. The van der Waals surface area contributed by atoms with Crippen molar-refractivity contribution in [2.45, 2.75) is 44.2 Å². The molecule has 6 heteroatoms. The predicted molar refractivity (Wildman–Crippen MR) is 93.9 cm³/mol. The molecule has 0 radical (unpaired) electrons. The van der Waals surface area contributed by atoms with Crippen LogP contribution in [0.4, 0.5) is 5.82 Å². The quantitative estimate of drug-likeness (QED) is 0.628. The number of anilines is 1. The Labute approximate surface area is 142 Å². The summed E-state index contributed by atoms with van der Waals surface area (Å²) in [4.78, 5) is 26.2. The van der Waals surface area contributed by atoms with Gasteiger partial charge in [0.15, 0.2) is 5.16 Å². The van der Waals surface area contributed by atoms with E-state index in [1.165, 1.54) is 6.42 Å². The smallest absolute Gasteiger partial charge is 0.227 e. The number of aromatic nitrogens is 2. The van der Waals surface area contributed by atoms with Crippen molar-refractivity contribution < 1.29 is 4.79 Å². The van der Waals surface area contributed by atoms with E-state index in [1.807, 2.05) is 19.2 Å². The number of aryl methyl sites for hydroxylation is 1. The summed E-state index contributed by atoms with van der Waals surface area (Å²) in [6.07, 6.45) is 7.64. The molecule has 0 aromatic carbocycles. The van der Waals surface area contributed by atoms with Crippen LogP contribution >= 0.6 is 11.8 Å². The number of piperidine rings is 2. The van der Waals surface area contributed by atoms with E-state index in [9.17, 15) is 4.79 Å². The minimum atomic E-state index is 0.120. The Kier molecular flexibility index (Phi) is 5.41. The van der Waals surface area contributed by atoms with Gasteiger partial charge in [0.05, 0.1) is 5.92 Å². The molecule has 23 heavy (non-hydrogen) atoms. The molecule has 0 spiro atoms. The van der Waals surface area contributed by atoms with Gasteiger partial charge in [-0.15, -0.1) is 0 Å². The Hall–Kier alpha value is -1.30. The molecule has 2 aliphatic rings. The number of likely N-dealkylation sites (tertiary alicyclic amines) is 1. The summed E-state index contributed by atoms with van der Waals surface area (Å²) in [7, 11) is 0. The summed E-state index contributed by atoms with van der Waals surface area (Å²) < 4.78 is 0. The highest BCUT2D eigenvalue weighted by Gasteiger charge is 2.30. The number of hydrogen-bond acceptors (Lipinski definition) is 5. The average molecular weight is 334 g/mol. The minimum Gasteiger partial charge on any atom is -0.356 e. The summed E-state index contributed by atoms with van der Waals surface area (Å²) in [5, 5.41) is 0.810. The lowest BCUT2D eigenvalue weighted by Gasteiger charge is -2.36. The fraction of sp³-hybridized carbons (Fsp3) is 0.706. The molecule has 2 saturated heterocycles. The SMILES string of the molecule is CSc1nc(C)cc(N2CCCC(C(=O)N3CCCCC3)C2)n1. The maximum absolute atomic E-state index is 12.8. The van der Waals surface area contributed by atoms with Crippen LogP contribution in [0.2, 0.25) is 0 Å². The lowest BCUT2D eigenvalue weighted by molar-refractivity contribution is -0.136. The number of thioether (sulfide) groups is 1. The molecular weight excluding hydrogens is 308 g/mol. The van der Waals surface area contributed by atoms with Crippen LogP contribution in [0.5, 0.6) is 0 Å². The molecule has 0 aliphatic carbocycles. The van der Waals surface area contributed by atoms with E-state index in [0.717, 1.165) is 68.5 Å². The molecule has 126 valence electrons. The van der Waals surface area contributed by atoms with Gasteiger partial charge in [-0.3, -0.25) is 4.79 Å². The van der Waals surface area contributed by atoms with E-state index < -0.39 is 0 Å². The molecule has 3 rings (SSSR count). The first-order valence-corrected chi connectivity index (χ1v) is 9.83. The summed E-state index contributed by atoms with van der Waals surface area (Å²) in [5.41, 5.74) is 0.990. The summed E-state index contributed by atoms with van der Waals surface area (Å²) >= 11 is 1.57. The van der Waals surface area contributed by atoms with Gasteiger partial charge in [0.25, 0.3) is 0 Å². The maximum atomic E-state index is 12.8. The molecule has 1 unspecified atom stereocenters. The normalized spacial score (nSPS) is 22.3. The van der Waals surface area contributed by atoms with Crippen LogP contribution in [-0.2, 0) is 4.79 Å². The first kappa shape index (κ1) is 16.6. The monoisotopic (exact) mass is 334 g/mol. The van der Waals surface area contributed by atoms with Crippen LogP contribution in [0.25, 0.3) is 0 Å². The summed E-state index contributed by atoms with van der Waals surface area (Å²) in [6, 6.07) is 2.04. The molecule has 2 aliphatic heterocycles. The summed E-state index contributed by atoms with van der Waals surface area (Å²) in [5.74, 6) is 1.44. The molecule has 1 aromatic heterocycles. The third-order valence-electron chi connectivity index (χ3n) is 4.77. The van der Waals surface area contributed by atoms with Crippen LogP contribution in [0.1, 0.15) is 37.8 Å². The standard InChI is InChI=1S/C17H26N4OS/c1-13-11-15(19-17(18-13)23-2)21-10-6-7-14(12-21)16(22)20-8-4-3-5-9-20/h11,14H,3-10,12H2,1-2H3. The molecule has 0 saturated carbocycles. The number of amides is 1. The Bertz CT molecular complexity index is 560. The van der Waals surface area contributed by atoms with Crippen molar-refractivity contribution in [2.75, 3.05) is 37.3 Å². The lowest BCUT2D eigenvalue weighted by atomic mass is 9.95. The van der Waals surface area contributed by atoms with E-state index in [0.29, 0.717) is 5.91 Å². The van der Waals surface area contributed by atoms with Crippen LogP contribution in [0.3, 0.4) is 0 Å². The van der Waals surface area contributed by atoms with Crippen molar-refractivity contribution in [3.63, 3.8) is 0 Å². The molecule has 0 N–H and O–H groups in total. The molecule has 3 heterocycles. The number of carbonyl (C=O) groups excluding carboxylic acids is 1. The Morgan fingerprint density at radius 1 is 1.17 bits per heavy atom. The highest BCUT2D eigenvalue weighted by Crippen LogP contribution is 2.26. The van der Waals surface area contributed by atoms with Crippen molar-refractivity contribution in [3.8, 4) is 0 Å². The second-order valence-electron chi connectivity index (χ2n) is 6.53. The second kappa shape index (κ2) is 7.51. The number of rotatable bonds is 3. The zero-order chi connectivity index (χ0) is 16.2. The first-order valence-electron chi connectivity index (χ1n) is 8.61. The van der Waals surface area contributed by atoms with Crippen molar-refractivity contribution >= 4 is 23.5 Å². The van der Waals surface area contributed by atoms with Gasteiger partial charge in [0, 0.05) is 37.9 Å². The largest absolute Gasteiger partial charge is 0.356 e. The third-order valence-corrected chi connectivity index (χ3v) is 5.31. The Morgan fingerprint density at radius 2 is 1.96 bits per heavy atom. The highest BCUT2D eigenvalue weighted by molar-refractivity contribution is 7.98. The zero-order valence-electron chi connectivity index (χ0n) is 14.1. The zero-order valence-corrected chi connectivity index (χ0v) is 14.9.